The van der Waals surface area contributed by atoms with Crippen LogP contribution in [0.25, 0.3) is 0 Å². The molecule has 22 heavy (non-hydrogen) atoms. The van der Waals surface area contributed by atoms with Gasteiger partial charge in [0.05, 0.1) is 24.0 Å². The first-order chi connectivity index (χ1) is 10.5. The van der Waals surface area contributed by atoms with Crippen LogP contribution in [0.1, 0.15) is 45.4 Å². The lowest BCUT2D eigenvalue weighted by molar-refractivity contribution is -0.148. The number of nitrogens with one attached hydrogen (secondary N) is 1. The second-order valence-corrected chi connectivity index (χ2v) is 7.82. The molecule has 0 aromatic carbocycles. The molecule has 2 aliphatic carbocycles. The summed E-state index contributed by atoms with van der Waals surface area (Å²) in [6.07, 6.45) is 6.31. The van der Waals surface area contributed by atoms with Gasteiger partial charge in [0.2, 0.25) is 5.91 Å². The Morgan fingerprint density at radius 2 is 1.82 bits per heavy atom. The second-order valence-electron chi connectivity index (χ2n) is 7.82. The molecule has 0 spiro atoms. The van der Waals surface area contributed by atoms with Gasteiger partial charge in [0.1, 0.15) is 0 Å². The summed E-state index contributed by atoms with van der Waals surface area (Å²) in [6, 6.07) is 0.149. The van der Waals surface area contributed by atoms with Crippen LogP contribution in [-0.2, 0) is 14.3 Å². The third kappa shape index (κ3) is 2.16. The Morgan fingerprint density at radius 3 is 2.41 bits per heavy atom. The van der Waals surface area contributed by atoms with E-state index < -0.39 is 17.8 Å². The van der Waals surface area contributed by atoms with Gasteiger partial charge in [0.15, 0.2) is 0 Å². The van der Waals surface area contributed by atoms with Crippen molar-refractivity contribution in [1.82, 2.24) is 5.32 Å². The summed E-state index contributed by atoms with van der Waals surface area (Å²) < 4.78 is 5.69. The van der Waals surface area contributed by atoms with Crippen molar-refractivity contribution in [3.05, 3.63) is 0 Å². The summed E-state index contributed by atoms with van der Waals surface area (Å²) >= 11 is 0. The number of carboxylic acids is 1. The number of fused-ring (bicyclic) bond motifs is 4. The fourth-order valence-corrected chi connectivity index (χ4v) is 5.66. The van der Waals surface area contributed by atoms with E-state index in [2.05, 4.69) is 12.2 Å². The van der Waals surface area contributed by atoms with E-state index in [9.17, 15) is 14.7 Å². The molecule has 1 amide bonds. The number of ether oxygens (including phenoxy) is 1. The van der Waals surface area contributed by atoms with Gasteiger partial charge in [0, 0.05) is 6.04 Å². The number of carbonyl (C=O) groups excluding carboxylic acids is 1. The molecule has 5 heteroatoms. The van der Waals surface area contributed by atoms with Crippen LogP contribution in [0.3, 0.4) is 0 Å². The summed E-state index contributed by atoms with van der Waals surface area (Å²) in [5.41, 5.74) is 0. The molecule has 4 bridgehead atoms. The number of aliphatic carboxylic acids is 1. The average molecular weight is 307 g/mol. The van der Waals surface area contributed by atoms with Gasteiger partial charge in [-0.2, -0.15) is 0 Å². The van der Waals surface area contributed by atoms with Crippen LogP contribution in [0.5, 0.6) is 0 Å². The largest absolute Gasteiger partial charge is 0.481 e. The molecule has 2 heterocycles. The van der Waals surface area contributed by atoms with Crippen LogP contribution in [-0.4, -0.2) is 35.2 Å². The lowest BCUT2D eigenvalue weighted by Gasteiger charge is -2.31. The van der Waals surface area contributed by atoms with E-state index in [0.717, 1.165) is 24.7 Å². The van der Waals surface area contributed by atoms with E-state index in [0.29, 0.717) is 5.92 Å². The smallest absolute Gasteiger partial charge is 0.310 e. The van der Waals surface area contributed by atoms with Crippen molar-refractivity contribution >= 4 is 11.9 Å². The molecule has 0 aromatic rings. The van der Waals surface area contributed by atoms with E-state index in [4.69, 9.17) is 4.74 Å². The quantitative estimate of drug-likeness (QED) is 0.830. The van der Waals surface area contributed by atoms with Crippen molar-refractivity contribution in [3.63, 3.8) is 0 Å². The first-order valence-corrected chi connectivity index (χ1v) is 8.73. The van der Waals surface area contributed by atoms with Gasteiger partial charge in [-0.15, -0.1) is 0 Å². The molecule has 2 N–H and O–H groups in total. The minimum atomic E-state index is -0.889. The molecule has 0 radical (unpaired) electrons. The molecule has 2 aliphatic heterocycles. The Bertz CT molecular complexity index is 493. The Balaban J connectivity index is 1.42. The van der Waals surface area contributed by atoms with Gasteiger partial charge in [-0.25, -0.2) is 0 Å². The highest BCUT2D eigenvalue weighted by atomic mass is 16.5. The molecular weight excluding hydrogens is 282 g/mol. The number of hydrogen-bond acceptors (Lipinski definition) is 3. The second kappa shape index (κ2) is 5.22. The van der Waals surface area contributed by atoms with E-state index in [1.54, 1.807) is 0 Å². The topological polar surface area (TPSA) is 75.6 Å². The van der Waals surface area contributed by atoms with Crippen LogP contribution < -0.4 is 5.32 Å². The molecule has 4 fully saturated rings. The Kier molecular flexibility index (Phi) is 3.44. The highest BCUT2D eigenvalue weighted by Crippen LogP contribution is 2.50. The first kappa shape index (κ1) is 14.5. The normalized spacial score (nSPS) is 46.9. The van der Waals surface area contributed by atoms with Gasteiger partial charge in [-0.1, -0.05) is 6.42 Å². The first-order valence-electron chi connectivity index (χ1n) is 8.73. The Hall–Kier alpha value is -1.10. The molecule has 2 saturated heterocycles. The molecule has 8 atom stereocenters. The van der Waals surface area contributed by atoms with Crippen molar-refractivity contribution in [1.29, 1.82) is 0 Å². The van der Waals surface area contributed by atoms with Gasteiger partial charge in [-0.05, 0) is 56.8 Å². The minimum absolute atomic E-state index is 0.102. The van der Waals surface area contributed by atoms with Gasteiger partial charge in [0.25, 0.3) is 0 Å². The summed E-state index contributed by atoms with van der Waals surface area (Å²) in [6.45, 7) is 2.09. The monoisotopic (exact) mass is 307 g/mol. The maximum Gasteiger partial charge on any atom is 0.310 e. The maximum absolute atomic E-state index is 12.7. The fourth-order valence-electron chi connectivity index (χ4n) is 5.66. The summed E-state index contributed by atoms with van der Waals surface area (Å²) in [5, 5.41) is 12.6. The van der Waals surface area contributed by atoms with E-state index in [1.807, 2.05) is 0 Å². The van der Waals surface area contributed by atoms with E-state index in [1.165, 1.54) is 25.7 Å². The predicted octanol–water partition coefficient (Wildman–Crippen LogP) is 1.81. The minimum Gasteiger partial charge on any atom is -0.481 e. The molecular formula is C17H25NO4. The lowest BCUT2D eigenvalue weighted by atomic mass is 9.78. The zero-order valence-electron chi connectivity index (χ0n) is 13.0. The third-order valence-electron chi connectivity index (χ3n) is 6.67. The van der Waals surface area contributed by atoms with Gasteiger partial charge >= 0.3 is 5.97 Å². The average Bonchev–Trinajstić information content (AvgIpc) is 3.24. The Labute approximate surface area is 130 Å². The van der Waals surface area contributed by atoms with Crippen LogP contribution in [0, 0.1) is 29.6 Å². The highest BCUT2D eigenvalue weighted by Gasteiger charge is 2.56. The van der Waals surface area contributed by atoms with Crippen LogP contribution in [0.4, 0.5) is 0 Å². The van der Waals surface area contributed by atoms with Crippen molar-refractivity contribution < 1.29 is 19.4 Å². The van der Waals surface area contributed by atoms with Crippen LogP contribution in [0.2, 0.25) is 0 Å². The molecule has 4 aliphatic rings. The zero-order chi connectivity index (χ0) is 15.4. The van der Waals surface area contributed by atoms with Crippen molar-refractivity contribution in [2.24, 2.45) is 29.6 Å². The summed E-state index contributed by atoms with van der Waals surface area (Å²) in [7, 11) is 0. The van der Waals surface area contributed by atoms with Gasteiger partial charge < -0.3 is 15.2 Å². The van der Waals surface area contributed by atoms with Crippen LogP contribution in [0.15, 0.2) is 0 Å². The van der Waals surface area contributed by atoms with E-state index >= 15 is 0 Å². The van der Waals surface area contributed by atoms with Crippen molar-refractivity contribution in [2.45, 2.75) is 63.7 Å². The lowest BCUT2D eigenvalue weighted by Crippen LogP contribution is -2.48. The van der Waals surface area contributed by atoms with Crippen molar-refractivity contribution in [2.75, 3.05) is 0 Å². The number of hydrogen-bond donors (Lipinski definition) is 2. The zero-order valence-corrected chi connectivity index (χ0v) is 13.0. The number of rotatable bonds is 4. The number of amides is 1. The maximum atomic E-state index is 12.7. The Morgan fingerprint density at radius 1 is 1.09 bits per heavy atom. The molecule has 0 unspecified atom stereocenters. The van der Waals surface area contributed by atoms with Crippen molar-refractivity contribution in [3.8, 4) is 0 Å². The molecule has 2 saturated carbocycles. The molecule has 4 rings (SSSR count). The molecule has 0 aromatic heterocycles. The molecule has 5 nitrogen and oxygen atoms in total. The standard InChI is InChI=1S/C17H25NO4/c1-8(11-7-9-2-3-10(11)6-9)18-16(19)14-12-4-5-13(22-12)15(14)17(20)21/h8-15H,2-7H2,1H3,(H,18,19)(H,20,21)/t8-,9-,10-,11+,12+,13+,14+,15+/m0/s1. The van der Waals surface area contributed by atoms with Gasteiger partial charge in [-0.3, -0.25) is 9.59 Å². The fraction of sp³-hybridized carbons (Fsp3) is 0.882. The molecule has 122 valence electrons. The SMILES string of the molecule is C[C@H](NC(=O)[C@H]1[C@H](C(=O)O)[C@H]2CC[C@H]1O2)[C@H]1C[C@H]2CC[C@H]1C2. The third-order valence-corrected chi connectivity index (χ3v) is 6.67. The summed E-state index contributed by atoms with van der Waals surface area (Å²) in [5.74, 6) is 0.0300. The summed E-state index contributed by atoms with van der Waals surface area (Å²) in [4.78, 5) is 24.2. The predicted molar refractivity (Wildman–Crippen MR) is 79.1 cm³/mol. The van der Waals surface area contributed by atoms with Crippen LogP contribution >= 0.6 is 0 Å². The van der Waals surface area contributed by atoms with E-state index in [-0.39, 0.29) is 24.2 Å². The highest BCUT2D eigenvalue weighted by molar-refractivity contribution is 5.86. The number of carboxylic acid groups (broad SMARTS) is 1. The number of carbonyl (C=O) groups is 2.